The van der Waals surface area contributed by atoms with E-state index in [0.717, 1.165) is 70.6 Å². The van der Waals surface area contributed by atoms with Gasteiger partial charge in [-0.05, 0) is 77.0 Å². The number of rotatable bonds is 43. The minimum atomic E-state index is -1.14. The van der Waals surface area contributed by atoms with E-state index in [9.17, 15) is 19.5 Å². The van der Waals surface area contributed by atoms with Gasteiger partial charge in [-0.3, -0.25) is 9.59 Å². The number of hydrogen-bond donors (Lipinski definition) is 0. The van der Waals surface area contributed by atoms with Crippen LogP contribution in [-0.4, -0.2) is 75.5 Å². The number of ether oxygens (including phenoxy) is 3. The van der Waals surface area contributed by atoms with Gasteiger partial charge < -0.3 is 28.6 Å². The van der Waals surface area contributed by atoms with Crippen LogP contribution in [0.4, 0.5) is 0 Å². The lowest BCUT2D eigenvalue weighted by Gasteiger charge is -2.34. The second-order valence-electron chi connectivity index (χ2n) is 17.3. The summed E-state index contributed by atoms with van der Waals surface area (Å²) in [6.45, 7) is 4.35. The smallest absolute Gasteiger partial charge is 0.306 e. The van der Waals surface area contributed by atoms with Crippen molar-refractivity contribution in [2.45, 2.75) is 193 Å². The largest absolute Gasteiger partial charge is 0.544 e. The molecule has 0 fully saturated rings. The molecule has 0 aliphatic rings. The van der Waals surface area contributed by atoms with Crippen molar-refractivity contribution in [1.82, 2.24) is 0 Å². The molecule has 358 valence electrons. The number of hydrogen-bond acceptors (Lipinski definition) is 7. The minimum Gasteiger partial charge on any atom is -0.544 e. The summed E-state index contributed by atoms with van der Waals surface area (Å²) >= 11 is 0. The van der Waals surface area contributed by atoms with E-state index in [1.165, 1.54) is 70.6 Å². The van der Waals surface area contributed by atoms with E-state index in [4.69, 9.17) is 14.2 Å². The van der Waals surface area contributed by atoms with E-state index in [2.05, 4.69) is 98.9 Å². The number of likely N-dealkylation sites (N-methyl/N-ethyl adjacent to an activating group) is 1. The zero-order chi connectivity index (χ0) is 46.3. The second-order valence-corrected chi connectivity index (χ2v) is 17.3. The molecule has 0 aromatic heterocycles. The van der Waals surface area contributed by atoms with Crippen molar-refractivity contribution in [3.8, 4) is 0 Å². The van der Waals surface area contributed by atoms with Crippen LogP contribution in [0.3, 0.4) is 0 Å². The molecule has 0 aliphatic heterocycles. The molecule has 0 aromatic carbocycles. The number of carbonyl (C=O) groups is 3. The Morgan fingerprint density at radius 1 is 0.476 bits per heavy atom. The van der Waals surface area contributed by atoms with Crippen LogP contribution in [0.25, 0.3) is 0 Å². The SMILES string of the molecule is CC/C=C/C/C=C/C/C=C/C/C=C/C/C=C/CCC(=O)OC(COCCC(C(=O)[O-])[N+](C)(C)C)COC(=O)CCCCCCCCCCCCCCC/C=C/C/C=C/C/C=C/CC. The van der Waals surface area contributed by atoms with Gasteiger partial charge in [0.15, 0.2) is 6.10 Å². The molecule has 0 aliphatic carbocycles. The van der Waals surface area contributed by atoms with Gasteiger partial charge in [-0.2, -0.15) is 0 Å². The molecule has 0 heterocycles. The summed E-state index contributed by atoms with van der Waals surface area (Å²) in [5.41, 5.74) is 0. The van der Waals surface area contributed by atoms with Crippen molar-refractivity contribution in [2.24, 2.45) is 0 Å². The van der Waals surface area contributed by atoms with Crippen LogP contribution in [-0.2, 0) is 28.6 Å². The second kappa shape index (κ2) is 44.8. The monoisotopic (exact) mass is 878 g/mol. The Morgan fingerprint density at radius 2 is 0.873 bits per heavy atom. The van der Waals surface area contributed by atoms with Crippen molar-refractivity contribution in [1.29, 1.82) is 0 Å². The maximum atomic E-state index is 12.7. The third kappa shape index (κ3) is 43.3. The van der Waals surface area contributed by atoms with Gasteiger partial charge in [0.2, 0.25) is 0 Å². The van der Waals surface area contributed by atoms with E-state index < -0.39 is 24.1 Å². The van der Waals surface area contributed by atoms with E-state index in [1.54, 1.807) is 21.1 Å². The van der Waals surface area contributed by atoms with E-state index in [0.29, 0.717) is 12.8 Å². The highest BCUT2D eigenvalue weighted by Crippen LogP contribution is 2.14. The zero-order valence-electron chi connectivity index (χ0n) is 40.7. The molecule has 2 unspecified atom stereocenters. The van der Waals surface area contributed by atoms with E-state index >= 15 is 0 Å². The number of aliphatic carboxylic acids is 1. The van der Waals surface area contributed by atoms with Crippen molar-refractivity contribution in [3.05, 3.63) is 97.2 Å². The Morgan fingerprint density at radius 3 is 1.30 bits per heavy atom. The first-order valence-electron chi connectivity index (χ1n) is 24.8. The molecule has 63 heavy (non-hydrogen) atoms. The van der Waals surface area contributed by atoms with Crippen molar-refractivity contribution in [3.63, 3.8) is 0 Å². The molecule has 0 aromatic rings. The first kappa shape index (κ1) is 59.2. The summed E-state index contributed by atoms with van der Waals surface area (Å²) in [7, 11) is 5.38. The lowest BCUT2D eigenvalue weighted by molar-refractivity contribution is -0.889. The molecule has 2 atom stereocenters. The fourth-order valence-corrected chi connectivity index (χ4v) is 6.72. The molecule has 0 radical (unpaired) electrons. The quantitative estimate of drug-likeness (QED) is 0.0260. The molecule has 0 N–H and O–H groups in total. The summed E-state index contributed by atoms with van der Waals surface area (Å²) < 4.78 is 17.1. The average molecular weight is 878 g/mol. The van der Waals surface area contributed by atoms with Crippen LogP contribution in [0.2, 0.25) is 0 Å². The maximum absolute atomic E-state index is 12.7. The summed E-state index contributed by atoms with van der Waals surface area (Å²) in [4.78, 5) is 37.0. The van der Waals surface area contributed by atoms with Gasteiger partial charge in [0.1, 0.15) is 12.6 Å². The fraction of sp³-hybridized carbons (Fsp3) is 0.655. The summed E-state index contributed by atoms with van der Waals surface area (Å²) in [5.74, 6) is -1.85. The molecule has 0 spiro atoms. The van der Waals surface area contributed by atoms with Gasteiger partial charge in [-0.15, -0.1) is 0 Å². The van der Waals surface area contributed by atoms with Crippen LogP contribution in [0.15, 0.2) is 97.2 Å². The summed E-state index contributed by atoms with van der Waals surface area (Å²) in [6.07, 6.45) is 60.3. The van der Waals surface area contributed by atoms with Crippen LogP contribution in [0.5, 0.6) is 0 Å². The first-order chi connectivity index (χ1) is 30.6. The van der Waals surface area contributed by atoms with Gasteiger partial charge in [0.25, 0.3) is 0 Å². The average Bonchev–Trinajstić information content (AvgIpc) is 3.24. The normalized spacial score (nSPS) is 13.7. The lowest BCUT2D eigenvalue weighted by Crippen LogP contribution is -2.55. The zero-order valence-corrected chi connectivity index (χ0v) is 40.7. The third-order valence-electron chi connectivity index (χ3n) is 10.5. The van der Waals surface area contributed by atoms with Crippen LogP contribution < -0.4 is 5.11 Å². The standard InChI is InChI=1S/C55H91NO7/c1-6-8-10-12-14-16-18-20-22-24-25-26-27-28-29-30-32-33-35-37-39-41-43-45-53(57)62-50-51(49-61-48-47-52(55(59)60)56(3,4)5)63-54(58)46-44-42-40-38-36-34-31-23-21-19-17-15-13-11-9-7-2/h8-11,14-17,20-23,34,36,40,42,51-52H,6-7,12-13,18-19,24-33,35,37-39,41,43-50H2,1-5H3/b10-8+,11-9+,16-14+,17-15+,22-20+,23-21+,36-34+,42-40+. The highest BCUT2D eigenvalue weighted by Gasteiger charge is 2.25. The number of carboxylic acid groups (broad SMARTS) is 1. The lowest BCUT2D eigenvalue weighted by atomic mass is 10.0. The van der Waals surface area contributed by atoms with E-state index in [1.807, 2.05) is 12.2 Å². The summed E-state index contributed by atoms with van der Waals surface area (Å²) in [5, 5.41) is 11.7. The topological polar surface area (TPSA) is 102 Å². The van der Waals surface area contributed by atoms with Gasteiger partial charge in [0, 0.05) is 19.3 Å². The Balaban J connectivity index is 4.31. The van der Waals surface area contributed by atoms with Gasteiger partial charge in [-0.25, -0.2) is 0 Å². The highest BCUT2D eigenvalue weighted by molar-refractivity contribution is 5.70. The Labute approximate surface area is 386 Å². The number of esters is 2. The molecule has 8 nitrogen and oxygen atoms in total. The van der Waals surface area contributed by atoms with Crippen molar-refractivity contribution < 1.29 is 38.2 Å². The number of unbranched alkanes of at least 4 members (excludes halogenated alkanes) is 13. The number of carboxylic acids is 1. The Bertz CT molecular complexity index is 1350. The van der Waals surface area contributed by atoms with Crippen molar-refractivity contribution >= 4 is 17.9 Å². The van der Waals surface area contributed by atoms with Crippen LogP contribution >= 0.6 is 0 Å². The third-order valence-corrected chi connectivity index (χ3v) is 10.5. The Hall–Kier alpha value is -3.75. The van der Waals surface area contributed by atoms with Gasteiger partial charge >= 0.3 is 11.9 Å². The Kier molecular flexibility index (Phi) is 42.2. The molecule has 0 rings (SSSR count). The molecule has 8 heteroatoms. The van der Waals surface area contributed by atoms with Crippen LogP contribution in [0.1, 0.15) is 181 Å². The van der Waals surface area contributed by atoms with Gasteiger partial charge in [0.05, 0.1) is 40.3 Å². The number of carbonyl (C=O) groups excluding carboxylic acids is 3. The number of allylic oxidation sites excluding steroid dienone is 16. The van der Waals surface area contributed by atoms with Crippen molar-refractivity contribution in [2.75, 3.05) is 41.0 Å². The predicted molar refractivity (Wildman–Crippen MR) is 263 cm³/mol. The van der Waals surface area contributed by atoms with E-state index in [-0.39, 0.29) is 43.1 Å². The molecule has 0 saturated heterocycles. The first-order valence-corrected chi connectivity index (χ1v) is 24.8. The molecule has 0 bridgehead atoms. The molecule has 0 amide bonds. The minimum absolute atomic E-state index is 0.00579. The van der Waals surface area contributed by atoms with Crippen LogP contribution in [0, 0.1) is 0 Å². The van der Waals surface area contributed by atoms with Gasteiger partial charge in [-0.1, -0.05) is 182 Å². The molecule has 0 saturated carbocycles. The molecular weight excluding hydrogens is 787 g/mol. The predicted octanol–water partition coefficient (Wildman–Crippen LogP) is 12.9. The fourth-order valence-electron chi connectivity index (χ4n) is 6.72. The maximum Gasteiger partial charge on any atom is 0.306 e. The molecular formula is C55H91NO7. The summed E-state index contributed by atoms with van der Waals surface area (Å²) in [6, 6.07) is -0.744. The highest BCUT2D eigenvalue weighted by atomic mass is 16.6. The number of nitrogens with zero attached hydrogens (tertiary/aromatic N) is 1. The number of quaternary nitrogens is 1.